The molecule has 1 aromatic heterocycles. The monoisotopic (exact) mass is 436 g/mol. The fraction of sp³-hybridized carbons (Fsp3) is 0.364. The number of amidine groups is 1. The molecule has 2 unspecified atom stereocenters. The molecule has 4 rings (SSSR count). The second-order valence-electron chi connectivity index (χ2n) is 8.00. The van der Waals surface area contributed by atoms with Gasteiger partial charge < -0.3 is 16.0 Å². The second kappa shape index (κ2) is 9.59. The van der Waals surface area contributed by atoms with E-state index in [1.807, 2.05) is 30.5 Å². The largest absolute Gasteiger partial charge is 0.390 e. The van der Waals surface area contributed by atoms with Gasteiger partial charge >= 0.3 is 0 Å². The predicted octanol–water partition coefficient (Wildman–Crippen LogP) is 2.79. The van der Waals surface area contributed by atoms with E-state index in [-0.39, 0.29) is 0 Å². The minimum absolute atomic E-state index is 0.322. The molecular formula is C22H28N8S. The van der Waals surface area contributed by atoms with Crippen LogP contribution in [0.4, 0.5) is 5.69 Å². The number of aromatic nitrogens is 1. The lowest BCUT2D eigenvalue weighted by atomic mass is 10.0. The fourth-order valence-corrected chi connectivity index (χ4v) is 4.89. The summed E-state index contributed by atoms with van der Waals surface area (Å²) >= 11 is 1.12. The molecule has 2 aliphatic heterocycles. The molecule has 0 saturated carbocycles. The quantitative estimate of drug-likeness (QED) is 0.364. The average molecular weight is 437 g/mol. The summed E-state index contributed by atoms with van der Waals surface area (Å²) in [4.78, 5) is 14.8. The van der Waals surface area contributed by atoms with Crippen LogP contribution in [0.3, 0.4) is 0 Å². The molecular weight excluding hydrogens is 408 g/mol. The molecule has 3 heterocycles. The van der Waals surface area contributed by atoms with Crippen LogP contribution in [0.15, 0.2) is 46.5 Å². The Bertz CT molecular complexity index is 1010. The van der Waals surface area contributed by atoms with Crippen LogP contribution in [0.2, 0.25) is 0 Å². The molecule has 0 amide bonds. The Balaban J connectivity index is 1.56. The zero-order valence-electron chi connectivity index (χ0n) is 17.6. The Morgan fingerprint density at radius 3 is 2.74 bits per heavy atom. The number of nitrogens with zero attached hydrogens (tertiary/aromatic N) is 3. The van der Waals surface area contributed by atoms with Gasteiger partial charge in [0.15, 0.2) is 5.84 Å². The van der Waals surface area contributed by atoms with Gasteiger partial charge in [0.2, 0.25) is 0 Å². The van der Waals surface area contributed by atoms with Crippen LogP contribution in [0, 0.1) is 22.7 Å². The van der Waals surface area contributed by atoms with Gasteiger partial charge in [-0.3, -0.25) is 15.7 Å². The normalized spacial score (nSPS) is 21.6. The van der Waals surface area contributed by atoms with Crippen molar-refractivity contribution in [1.29, 1.82) is 10.8 Å². The van der Waals surface area contributed by atoms with Crippen LogP contribution in [0.5, 0.6) is 0 Å². The molecule has 2 aromatic rings. The van der Waals surface area contributed by atoms with Gasteiger partial charge in [-0.15, -0.1) is 0 Å². The highest BCUT2D eigenvalue weighted by Gasteiger charge is 2.36. The van der Waals surface area contributed by atoms with E-state index in [0.717, 1.165) is 73.1 Å². The van der Waals surface area contributed by atoms with Gasteiger partial charge in [0.1, 0.15) is 5.04 Å². The van der Waals surface area contributed by atoms with Crippen LogP contribution in [-0.2, 0) is 6.54 Å². The molecule has 0 aliphatic carbocycles. The van der Waals surface area contributed by atoms with E-state index in [2.05, 4.69) is 26.3 Å². The van der Waals surface area contributed by atoms with Gasteiger partial charge in [-0.1, -0.05) is 23.9 Å². The number of nitrogens with one attached hydrogen (secondary N) is 4. The van der Waals surface area contributed by atoms with E-state index in [1.165, 1.54) is 6.34 Å². The predicted molar refractivity (Wildman–Crippen MR) is 129 cm³/mol. The lowest BCUT2D eigenvalue weighted by molar-refractivity contribution is 0.305. The number of hydrogen-bond acceptors (Lipinski definition) is 6. The van der Waals surface area contributed by atoms with Crippen molar-refractivity contribution in [3.05, 3.63) is 53.3 Å². The van der Waals surface area contributed by atoms with Crippen LogP contribution in [0.1, 0.15) is 23.7 Å². The van der Waals surface area contributed by atoms with E-state index in [1.54, 1.807) is 6.92 Å². The molecule has 162 valence electrons. The van der Waals surface area contributed by atoms with E-state index in [4.69, 9.17) is 21.5 Å². The molecule has 8 nitrogen and oxygen atoms in total. The van der Waals surface area contributed by atoms with E-state index < -0.39 is 0 Å². The van der Waals surface area contributed by atoms with Crippen LogP contribution >= 0.6 is 11.8 Å². The molecule has 2 atom stereocenters. The minimum atomic E-state index is 0.322. The summed E-state index contributed by atoms with van der Waals surface area (Å²) in [5.41, 5.74) is 9.05. The third-order valence-corrected chi connectivity index (χ3v) is 6.46. The van der Waals surface area contributed by atoms with Gasteiger partial charge in [0.25, 0.3) is 0 Å². The van der Waals surface area contributed by atoms with Crippen molar-refractivity contribution in [3.8, 4) is 0 Å². The molecule has 9 heteroatoms. The highest BCUT2D eigenvalue weighted by molar-refractivity contribution is 8.26. The smallest absolute Gasteiger partial charge is 0.178 e. The van der Waals surface area contributed by atoms with Gasteiger partial charge in [-0.2, -0.15) is 0 Å². The number of nitrogens with two attached hydrogens (primary N) is 1. The Morgan fingerprint density at radius 1 is 1.26 bits per heavy atom. The van der Waals surface area contributed by atoms with Gasteiger partial charge in [-0.05, 0) is 55.6 Å². The zero-order chi connectivity index (χ0) is 21.8. The summed E-state index contributed by atoms with van der Waals surface area (Å²) in [7, 11) is 0. The zero-order valence-corrected chi connectivity index (χ0v) is 18.4. The number of hydrogen-bond donors (Lipinski definition) is 5. The van der Waals surface area contributed by atoms with E-state index >= 15 is 0 Å². The highest BCUT2D eigenvalue weighted by atomic mass is 32.2. The molecule has 0 bridgehead atoms. The van der Waals surface area contributed by atoms with Crippen molar-refractivity contribution in [2.45, 2.75) is 13.5 Å². The molecule has 0 spiro atoms. The molecule has 2 aliphatic rings. The third-order valence-electron chi connectivity index (χ3n) is 5.71. The van der Waals surface area contributed by atoms with Crippen LogP contribution in [0.25, 0.3) is 0 Å². The van der Waals surface area contributed by atoms with Crippen molar-refractivity contribution in [3.63, 3.8) is 0 Å². The first-order chi connectivity index (χ1) is 15.0. The Labute approximate surface area is 186 Å². The van der Waals surface area contributed by atoms with E-state index in [9.17, 15) is 0 Å². The highest BCUT2D eigenvalue weighted by Crippen LogP contribution is 2.28. The Hall–Kier alpha value is -2.75. The van der Waals surface area contributed by atoms with Crippen molar-refractivity contribution >= 4 is 39.7 Å². The minimum Gasteiger partial charge on any atom is -0.390 e. The summed E-state index contributed by atoms with van der Waals surface area (Å²) < 4.78 is 0. The summed E-state index contributed by atoms with van der Waals surface area (Å²) in [5.74, 6) is 2.01. The lowest BCUT2D eigenvalue weighted by Crippen LogP contribution is -2.26. The maximum absolute atomic E-state index is 8.18. The fourth-order valence-electron chi connectivity index (χ4n) is 4.33. The maximum Gasteiger partial charge on any atom is 0.178 e. The van der Waals surface area contributed by atoms with Crippen molar-refractivity contribution in [2.75, 3.05) is 26.2 Å². The summed E-state index contributed by atoms with van der Waals surface area (Å²) in [5, 5.41) is 20.0. The molecule has 31 heavy (non-hydrogen) atoms. The lowest BCUT2D eigenvalue weighted by Gasteiger charge is -2.17. The van der Waals surface area contributed by atoms with E-state index in [0.29, 0.717) is 21.6 Å². The summed E-state index contributed by atoms with van der Waals surface area (Å²) in [6.07, 6.45) is 3.18. The number of H-pyrrole nitrogens is 1. The van der Waals surface area contributed by atoms with Crippen molar-refractivity contribution in [2.24, 2.45) is 27.6 Å². The molecule has 1 aromatic carbocycles. The summed E-state index contributed by atoms with van der Waals surface area (Å²) in [6.45, 7) is 6.99. The van der Waals surface area contributed by atoms with Crippen LogP contribution in [-0.4, -0.2) is 58.3 Å². The Kier molecular flexibility index (Phi) is 6.64. The molecule has 2 saturated heterocycles. The van der Waals surface area contributed by atoms with Crippen molar-refractivity contribution < 1.29 is 0 Å². The number of aromatic amines is 1. The van der Waals surface area contributed by atoms with Crippen LogP contribution < -0.4 is 11.1 Å². The average Bonchev–Trinajstić information content (AvgIpc) is 3.44. The van der Waals surface area contributed by atoms with Gasteiger partial charge in [-0.25, -0.2) is 9.98 Å². The number of rotatable bonds is 5. The maximum atomic E-state index is 8.18. The Morgan fingerprint density at radius 2 is 2.03 bits per heavy atom. The second-order valence-corrected chi connectivity index (χ2v) is 9.23. The van der Waals surface area contributed by atoms with Gasteiger partial charge in [0.05, 0.1) is 22.8 Å². The van der Waals surface area contributed by atoms with Gasteiger partial charge in [0, 0.05) is 31.4 Å². The molecule has 6 N–H and O–H groups in total. The first kappa shape index (κ1) is 21.5. The summed E-state index contributed by atoms with van der Waals surface area (Å²) in [6, 6.07) is 9.50. The molecule has 0 radical (unpaired) electrons. The number of thioether (sulfide) groups is 1. The number of aliphatic imine (C=N–C) groups is 2. The number of benzene rings is 1. The molecule has 2 fully saturated rings. The first-order valence-corrected chi connectivity index (χ1v) is 11.2. The number of fused-ring (bicyclic) bond motifs is 1. The SMILES string of the molecule is CC(=N)SC(=N)c1cccc(N=C(N=CN)c2[nH]ccc2CN2CC3CNCC3C2)c1. The van der Waals surface area contributed by atoms with Crippen molar-refractivity contribution in [1.82, 2.24) is 15.2 Å². The number of likely N-dealkylation sites (tertiary alicyclic amines) is 1. The first-order valence-electron chi connectivity index (χ1n) is 10.4. The third kappa shape index (κ3) is 5.12. The standard InChI is InChI=1S/C22H28N8S/c1-14(24)31-21(25)15-3-2-4-19(7-15)29-22(28-13-23)20-16(5-6-27-20)10-30-11-17-8-26-9-18(17)12-30/h2-7,13,17-18,24-27H,8-12H2,1H3,(H2,23,28,29). The topological polar surface area (TPSA) is 129 Å².